The average molecular weight is 415 g/mol. The van der Waals surface area contributed by atoms with Gasteiger partial charge in [0, 0.05) is 5.56 Å². The summed E-state index contributed by atoms with van der Waals surface area (Å²) in [5, 5.41) is 10.3. The summed E-state index contributed by atoms with van der Waals surface area (Å²) in [6, 6.07) is 27.6. The number of aromatic amines is 1. The number of nitrogens with zero attached hydrogens (tertiary/aromatic N) is 2. The van der Waals surface area contributed by atoms with Gasteiger partial charge in [-0.1, -0.05) is 84.4 Å². The minimum atomic E-state index is -0.247. The normalized spacial score (nSPS) is 10.9. The highest BCUT2D eigenvalue weighted by atomic mass is 32.1. The Morgan fingerprint density at radius 3 is 2.23 bits per heavy atom. The van der Waals surface area contributed by atoms with Gasteiger partial charge < -0.3 is 5.32 Å². The summed E-state index contributed by atoms with van der Waals surface area (Å²) in [7, 11) is 0. The van der Waals surface area contributed by atoms with Crippen LogP contribution in [0.3, 0.4) is 0 Å². The minimum absolute atomic E-state index is 0.0782. The Hall–Kier alpha value is -3.51. The second-order valence-electron chi connectivity index (χ2n) is 7.13. The van der Waals surface area contributed by atoms with Crippen molar-refractivity contribution in [1.29, 1.82) is 0 Å². The molecule has 1 heterocycles. The first-order valence-corrected chi connectivity index (χ1v) is 10.1. The van der Waals surface area contributed by atoms with Crippen molar-refractivity contribution in [3.8, 4) is 11.4 Å². The lowest BCUT2D eigenvalue weighted by atomic mass is 9.99. The van der Waals surface area contributed by atoms with Crippen LogP contribution in [0.1, 0.15) is 22.7 Å². The third-order valence-electron chi connectivity index (χ3n) is 4.91. The average Bonchev–Trinajstić information content (AvgIpc) is 3.13. The highest BCUT2D eigenvalue weighted by Gasteiger charge is 2.18. The van der Waals surface area contributed by atoms with Gasteiger partial charge in [-0.25, -0.2) is 0 Å². The van der Waals surface area contributed by atoms with Crippen molar-refractivity contribution in [2.75, 3.05) is 0 Å². The molecule has 2 N–H and O–H groups in total. The van der Waals surface area contributed by atoms with Crippen molar-refractivity contribution >= 4 is 18.1 Å². The van der Waals surface area contributed by atoms with Crippen LogP contribution in [0.15, 0.2) is 84.9 Å². The van der Waals surface area contributed by atoms with Crippen molar-refractivity contribution in [2.24, 2.45) is 0 Å². The smallest absolute Gasteiger partial charge is 0.240 e. The molecule has 0 saturated carbocycles. The molecule has 0 spiro atoms. The fraction of sp³-hybridized carbons (Fsp3) is 0.125. The Morgan fingerprint density at radius 1 is 1.00 bits per heavy atom. The molecule has 3 aromatic carbocycles. The van der Waals surface area contributed by atoms with Crippen molar-refractivity contribution in [3.05, 3.63) is 106 Å². The van der Waals surface area contributed by atoms with Gasteiger partial charge in [-0.15, -0.1) is 0 Å². The fourth-order valence-electron chi connectivity index (χ4n) is 3.47. The zero-order valence-corrected chi connectivity index (χ0v) is 17.4. The number of aryl methyl sites for hydroxylation is 1. The summed E-state index contributed by atoms with van der Waals surface area (Å²) < 4.78 is 2.14. The minimum Gasteiger partial charge on any atom is -0.344 e. The van der Waals surface area contributed by atoms with E-state index in [2.05, 4.69) is 15.5 Å². The molecule has 5 nitrogen and oxygen atoms in total. The molecule has 4 rings (SSSR count). The molecule has 0 atom stereocenters. The summed E-state index contributed by atoms with van der Waals surface area (Å²) >= 11 is 5.39. The van der Waals surface area contributed by atoms with Gasteiger partial charge in [-0.05, 0) is 36.3 Å². The lowest BCUT2D eigenvalue weighted by molar-refractivity contribution is -0.122. The first kappa shape index (κ1) is 19.8. The second-order valence-corrected chi connectivity index (χ2v) is 7.52. The monoisotopic (exact) mass is 414 g/mol. The van der Waals surface area contributed by atoms with Crippen LogP contribution in [0, 0.1) is 11.7 Å². The molecule has 0 aliphatic rings. The molecule has 30 heavy (non-hydrogen) atoms. The van der Waals surface area contributed by atoms with Gasteiger partial charge in [0.2, 0.25) is 5.91 Å². The molecular weight excluding hydrogens is 392 g/mol. The number of amides is 1. The Bertz CT molecular complexity index is 1160. The molecule has 150 valence electrons. The lowest BCUT2D eigenvalue weighted by Crippen LogP contribution is -2.32. The van der Waals surface area contributed by atoms with E-state index in [1.807, 2.05) is 91.9 Å². The van der Waals surface area contributed by atoms with E-state index < -0.39 is 0 Å². The molecule has 4 aromatic rings. The Morgan fingerprint density at radius 2 is 1.63 bits per heavy atom. The molecule has 1 aromatic heterocycles. The molecule has 1 amide bonds. The molecule has 0 radical (unpaired) electrons. The van der Waals surface area contributed by atoms with Crippen LogP contribution in [-0.4, -0.2) is 20.7 Å². The maximum absolute atomic E-state index is 13.1. The van der Waals surface area contributed by atoms with Crippen LogP contribution in [0.2, 0.25) is 0 Å². The summed E-state index contributed by atoms with van der Waals surface area (Å²) in [5.74, 6) is 0.508. The quantitative estimate of drug-likeness (QED) is 0.445. The standard InChI is InChI=1S/C24H22N4OS/c1-17-9-8-14-20(15-17)23-26-27-24(30)28(23)16-21(29)25-22(18-10-4-2-5-11-18)19-12-6-3-7-13-19/h2-15,22H,16H2,1H3,(H,25,29)(H,27,30). The van der Waals surface area contributed by atoms with Gasteiger partial charge in [0.15, 0.2) is 10.6 Å². The van der Waals surface area contributed by atoms with Gasteiger partial charge in [0.05, 0.1) is 6.04 Å². The molecular formula is C24H22N4OS. The number of H-pyrrole nitrogens is 1. The number of hydrogen-bond donors (Lipinski definition) is 2. The fourth-order valence-corrected chi connectivity index (χ4v) is 3.67. The van der Waals surface area contributed by atoms with Gasteiger partial charge in [-0.2, -0.15) is 5.10 Å². The highest BCUT2D eigenvalue weighted by molar-refractivity contribution is 7.71. The van der Waals surface area contributed by atoms with E-state index in [4.69, 9.17) is 12.2 Å². The molecule has 0 aliphatic heterocycles. The third-order valence-corrected chi connectivity index (χ3v) is 5.22. The van der Waals surface area contributed by atoms with Gasteiger partial charge >= 0.3 is 0 Å². The van der Waals surface area contributed by atoms with E-state index in [1.165, 1.54) is 0 Å². The number of aromatic nitrogens is 3. The number of carbonyl (C=O) groups excluding carboxylic acids is 1. The van der Waals surface area contributed by atoms with Gasteiger partial charge in [0.25, 0.3) is 0 Å². The zero-order chi connectivity index (χ0) is 20.9. The third kappa shape index (κ3) is 4.39. The number of carbonyl (C=O) groups is 1. The topological polar surface area (TPSA) is 62.7 Å². The van der Waals surface area contributed by atoms with E-state index in [-0.39, 0.29) is 18.5 Å². The second kappa shape index (κ2) is 8.88. The zero-order valence-electron chi connectivity index (χ0n) is 16.6. The van der Waals surface area contributed by atoms with E-state index in [0.29, 0.717) is 10.6 Å². The number of hydrogen-bond acceptors (Lipinski definition) is 3. The summed E-state index contributed by atoms with van der Waals surface area (Å²) in [5.41, 5.74) is 4.07. The van der Waals surface area contributed by atoms with Crippen LogP contribution in [0.4, 0.5) is 0 Å². The largest absolute Gasteiger partial charge is 0.344 e. The molecule has 0 aliphatic carbocycles. The van der Waals surface area contributed by atoms with Crippen molar-refractivity contribution in [2.45, 2.75) is 19.5 Å². The summed E-state index contributed by atoms with van der Waals surface area (Å²) in [6.07, 6.45) is 0. The predicted octanol–water partition coefficient (Wildman–Crippen LogP) is 4.82. The van der Waals surface area contributed by atoms with E-state index in [0.717, 1.165) is 22.3 Å². The van der Waals surface area contributed by atoms with Crippen LogP contribution < -0.4 is 5.32 Å². The molecule has 6 heteroatoms. The maximum Gasteiger partial charge on any atom is 0.240 e. The van der Waals surface area contributed by atoms with Crippen LogP contribution in [-0.2, 0) is 11.3 Å². The first-order chi connectivity index (χ1) is 14.6. The molecule has 0 unspecified atom stereocenters. The van der Waals surface area contributed by atoms with Crippen molar-refractivity contribution in [3.63, 3.8) is 0 Å². The van der Waals surface area contributed by atoms with E-state index in [1.54, 1.807) is 4.57 Å². The van der Waals surface area contributed by atoms with Crippen molar-refractivity contribution in [1.82, 2.24) is 20.1 Å². The SMILES string of the molecule is Cc1cccc(-c2n[nH]c(=S)n2CC(=O)NC(c2ccccc2)c2ccccc2)c1. The van der Waals surface area contributed by atoms with Crippen LogP contribution >= 0.6 is 12.2 Å². The van der Waals surface area contributed by atoms with Crippen molar-refractivity contribution < 1.29 is 4.79 Å². The van der Waals surface area contributed by atoms with Gasteiger partial charge in [-0.3, -0.25) is 14.5 Å². The van der Waals surface area contributed by atoms with Crippen LogP contribution in [0.5, 0.6) is 0 Å². The molecule has 0 fully saturated rings. The number of rotatable bonds is 6. The lowest BCUT2D eigenvalue weighted by Gasteiger charge is -2.20. The van der Waals surface area contributed by atoms with Gasteiger partial charge in [0.1, 0.15) is 6.54 Å². The predicted molar refractivity (Wildman–Crippen MR) is 120 cm³/mol. The number of nitrogens with one attached hydrogen (secondary N) is 2. The summed E-state index contributed by atoms with van der Waals surface area (Å²) in [4.78, 5) is 13.1. The summed E-state index contributed by atoms with van der Waals surface area (Å²) in [6.45, 7) is 2.10. The Balaban J connectivity index is 1.61. The van der Waals surface area contributed by atoms with E-state index >= 15 is 0 Å². The highest BCUT2D eigenvalue weighted by Crippen LogP contribution is 2.22. The van der Waals surface area contributed by atoms with E-state index in [9.17, 15) is 4.79 Å². The Labute approximate surface area is 180 Å². The molecule has 0 bridgehead atoms. The molecule has 0 saturated heterocycles. The van der Waals surface area contributed by atoms with Crippen LogP contribution in [0.25, 0.3) is 11.4 Å². The Kier molecular flexibility index (Phi) is 5.86. The first-order valence-electron chi connectivity index (χ1n) is 9.73. The maximum atomic E-state index is 13.1. The number of benzene rings is 3.